The van der Waals surface area contributed by atoms with Gasteiger partial charge in [-0.15, -0.1) is 0 Å². The molecular formula is C13H19N5. The molecule has 0 bridgehead atoms. The number of nitrogens with zero attached hydrogens (tertiary/aromatic N) is 3. The third-order valence-electron chi connectivity index (χ3n) is 3.48. The maximum absolute atomic E-state index is 4.24. The van der Waals surface area contributed by atoms with E-state index in [1.165, 1.54) is 24.9 Å². The number of hydrogen-bond acceptors (Lipinski definition) is 4. The summed E-state index contributed by atoms with van der Waals surface area (Å²) in [7, 11) is 0. The Kier molecular flexibility index (Phi) is 3.15. The van der Waals surface area contributed by atoms with Crippen molar-refractivity contribution >= 4 is 11.5 Å². The fraction of sp³-hybridized carbons (Fsp3) is 0.538. The summed E-state index contributed by atoms with van der Waals surface area (Å²) >= 11 is 0. The molecule has 5 nitrogen and oxygen atoms in total. The normalized spacial score (nSPS) is 19.5. The Labute approximate surface area is 107 Å². The molecule has 5 heteroatoms. The molecule has 2 N–H and O–H groups in total. The molecule has 1 aliphatic heterocycles. The number of hydrogen-bond donors (Lipinski definition) is 2. The van der Waals surface area contributed by atoms with Crippen LogP contribution in [0.5, 0.6) is 0 Å². The Morgan fingerprint density at radius 1 is 1.50 bits per heavy atom. The standard InChI is InChI=1S/C13H19N5/c1-10-7-12(18-13(8-10)16-9-17-18)15-6-4-11-3-2-5-14-11/h7-9,11,14-15H,2-6H2,1H3/t11-/m0/s1. The predicted molar refractivity (Wildman–Crippen MR) is 71.9 cm³/mol. The number of aryl methyl sites for hydroxylation is 1. The fourth-order valence-corrected chi connectivity index (χ4v) is 2.56. The largest absolute Gasteiger partial charge is 0.370 e. The number of rotatable bonds is 4. The van der Waals surface area contributed by atoms with Crippen LogP contribution in [0.1, 0.15) is 24.8 Å². The van der Waals surface area contributed by atoms with Crippen molar-refractivity contribution in [2.75, 3.05) is 18.4 Å². The molecule has 0 radical (unpaired) electrons. The van der Waals surface area contributed by atoms with Crippen LogP contribution in [0.3, 0.4) is 0 Å². The van der Waals surface area contributed by atoms with Crippen molar-refractivity contribution in [3.63, 3.8) is 0 Å². The van der Waals surface area contributed by atoms with Crippen LogP contribution in [-0.2, 0) is 0 Å². The van der Waals surface area contributed by atoms with Crippen LogP contribution in [-0.4, -0.2) is 33.7 Å². The third-order valence-corrected chi connectivity index (χ3v) is 3.48. The summed E-state index contributed by atoms with van der Waals surface area (Å²) in [6.07, 6.45) is 5.36. The molecule has 18 heavy (non-hydrogen) atoms. The molecule has 0 spiro atoms. The molecule has 1 atom stereocenters. The lowest BCUT2D eigenvalue weighted by molar-refractivity contribution is 0.573. The van der Waals surface area contributed by atoms with Crippen LogP contribution >= 0.6 is 0 Å². The van der Waals surface area contributed by atoms with Gasteiger partial charge in [0.15, 0.2) is 5.65 Å². The summed E-state index contributed by atoms with van der Waals surface area (Å²) < 4.78 is 1.86. The average molecular weight is 245 g/mol. The second-order valence-corrected chi connectivity index (χ2v) is 4.96. The van der Waals surface area contributed by atoms with E-state index in [0.29, 0.717) is 6.04 Å². The van der Waals surface area contributed by atoms with E-state index in [0.717, 1.165) is 24.4 Å². The molecule has 3 rings (SSSR count). The highest BCUT2D eigenvalue weighted by molar-refractivity contribution is 5.51. The summed E-state index contributed by atoms with van der Waals surface area (Å²) in [5.74, 6) is 1.03. The van der Waals surface area contributed by atoms with Gasteiger partial charge in [0.1, 0.15) is 12.1 Å². The fourth-order valence-electron chi connectivity index (χ4n) is 2.56. The molecule has 0 saturated carbocycles. The zero-order chi connectivity index (χ0) is 12.4. The van der Waals surface area contributed by atoms with Crippen molar-refractivity contribution in [1.82, 2.24) is 19.9 Å². The van der Waals surface area contributed by atoms with Crippen LogP contribution in [0.25, 0.3) is 5.65 Å². The molecule has 0 aromatic carbocycles. The predicted octanol–water partition coefficient (Wildman–Crippen LogP) is 1.59. The minimum atomic E-state index is 0.675. The van der Waals surface area contributed by atoms with Crippen LogP contribution in [0.4, 0.5) is 5.82 Å². The summed E-state index contributed by atoms with van der Waals surface area (Å²) in [5, 5.41) is 11.2. The molecule has 96 valence electrons. The molecular weight excluding hydrogens is 226 g/mol. The first-order valence-corrected chi connectivity index (χ1v) is 6.60. The molecule has 1 saturated heterocycles. The number of fused-ring (bicyclic) bond motifs is 1. The SMILES string of the molecule is Cc1cc(NCC[C@@H]2CCCN2)n2ncnc2c1. The van der Waals surface area contributed by atoms with Crippen LogP contribution in [0.2, 0.25) is 0 Å². The van der Waals surface area contributed by atoms with Crippen molar-refractivity contribution in [1.29, 1.82) is 0 Å². The van der Waals surface area contributed by atoms with E-state index in [1.54, 1.807) is 6.33 Å². The van der Waals surface area contributed by atoms with E-state index in [1.807, 2.05) is 10.6 Å². The van der Waals surface area contributed by atoms with Gasteiger partial charge < -0.3 is 10.6 Å². The van der Waals surface area contributed by atoms with E-state index in [2.05, 4.69) is 33.7 Å². The van der Waals surface area contributed by atoms with Crippen LogP contribution in [0.15, 0.2) is 18.5 Å². The van der Waals surface area contributed by atoms with Gasteiger partial charge in [-0.2, -0.15) is 9.61 Å². The summed E-state index contributed by atoms with van der Waals surface area (Å²) in [4.78, 5) is 4.23. The topological polar surface area (TPSA) is 54.2 Å². The number of pyridine rings is 1. The first kappa shape index (κ1) is 11.5. The molecule has 3 heterocycles. The summed E-state index contributed by atoms with van der Waals surface area (Å²) in [6, 6.07) is 4.83. The van der Waals surface area contributed by atoms with Crippen molar-refractivity contribution in [3.8, 4) is 0 Å². The van der Waals surface area contributed by atoms with Gasteiger partial charge >= 0.3 is 0 Å². The van der Waals surface area contributed by atoms with Crippen molar-refractivity contribution in [2.45, 2.75) is 32.2 Å². The van der Waals surface area contributed by atoms with Gasteiger partial charge in [-0.25, -0.2) is 4.98 Å². The Balaban J connectivity index is 1.67. The highest BCUT2D eigenvalue weighted by atomic mass is 15.3. The number of anilines is 1. The Bertz CT molecular complexity index is 527. The van der Waals surface area contributed by atoms with Gasteiger partial charge in [0.05, 0.1) is 0 Å². The van der Waals surface area contributed by atoms with Crippen molar-refractivity contribution in [2.24, 2.45) is 0 Å². The van der Waals surface area contributed by atoms with Crippen molar-refractivity contribution < 1.29 is 0 Å². The second kappa shape index (κ2) is 4.94. The zero-order valence-electron chi connectivity index (χ0n) is 10.7. The Hall–Kier alpha value is -1.62. The van der Waals surface area contributed by atoms with Gasteiger partial charge in [-0.1, -0.05) is 0 Å². The summed E-state index contributed by atoms with van der Waals surface area (Å²) in [6.45, 7) is 4.22. The number of aromatic nitrogens is 3. The molecule has 2 aromatic rings. The van der Waals surface area contributed by atoms with E-state index in [9.17, 15) is 0 Å². The van der Waals surface area contributed by atoms with Crippen LogP contribution < -0.4 is 10.6 Å². The zero-order valence-corrected chi connectivity index (χ0v) is 10.7. The minimum absolute atomic E-state index is 0.675. The maximum atomic E-state index is 4.24. The molecule has 1 aliphatic rings. The molecule has 2 aromatic heterocycles. The Morgan fingerprint density at radius 2 is 2.44 bits per heavy atom. The molecule has 0 aliphatic carbocycles. The average Bonchev–Trinajstić information content (AvgIpc) is 2.98. The van der Waals surface area contributed by atoms with Gasteiger partial charge in [-0.05, 0) is 50.4 Å². The van der Waals surface area contributed by atoms with Gasteiger partial charge in [0.2, 0.25) is 0 Å². The van der Waals surface area contributed by atoms with Crippen molar-refractivity contribution in [3.05, 3.63) is 24.0 Å². The minimum Gasteiger partial charge on any atom is -0.370 e. The summed E-state index contributed by atoms with van der Waals surface area (Å²) in [5.41, 5.74) is 2.11. The quantitative estimate of drug-likeness (QED) is 0.859. The van der Waals surface area contributed by atoms with E-state index >= 15 is 0 Å². The first-order chi connectivity index (χ1) is 8.83. The highest BCUT2D eigenvalue weighted by Crippen LogP contribution is 2.14. The molecule has 0 amide bonds. The Morgan fingerprint density at radius 3 is 3.28 bits per heavy atom. The van der Waals surface area contributed by atoms with Crippen LogP contribution in [0, 0.1) is 6.92 Å². The highest BCUT2D eigenvalue weighted by Gasteiger charge is 2.13. The molecule has 1 fully saturated rings. The maximum Gasteiger partial charge on any atom is 0.157 e. The smallest absolute Gasteiger partial charge is 0.157 e. The van der Waals surface area contributed by atoms with Gasteiger partial charge in [0, 0.05) is 12.6 Å². The van der Waals surface area contributed by atoms with E-state index in [4.69, 9.17) is 0 Å². The molecule has 0 unspecified atom stereocenters. The lowest BCUT2D eigenvalue weighted by atomic mass is 10.1. The lowest BCUT2D eigenvalue weighted by Gasteiger charge is -2.12. The van der Waals surface area contributed by atoms with Gasteiger partial charge in [-0.3, -0.25) is 0 Å². The van der Waals surface area contributed by atoms with Gasteiger partial charge in [0.25, 0.3) is 0 Å². The van der Waals surface area contributed by atoms with E-state index in [-0.39, 0.29) is 0 Å². The first-order valence-electron chi connectivity index (χ1n) is 6.60. The van der Waals surface area contributed by atoms with E-state index < -0.39 is 0 Å². The monoisotopic (exact) mass is 245 g/mol. The number of nitrogens with one attached hydrogen (secondary N) is 2. The third kappa shape index (κ3) is 2.31. The lowest BCUT2D eigenvalue weighted by Crippen LogP contribution is -2.24. The second-order valence-electron chi connectivity index (χ2n) is 4.96.